The molecule has 4 heterocycles. The van der Waals surface area contributed by atoms with Gasteiger partial charge in [0.2, 0.25) is 6.79 Å². The molecule has 0 aliphatic carbocycles. The molecular formula is C19H26Cl2N4O3. The number of halogens is 2. The summed E-state index contributed by atoms with van der Waals surface area (Å²) in [7, 11) is 0. The molecule has 0 spiro atoms. The number of hydrogen-bond donors (Lipinski definition) is 2. The maximum atomic E-state index is 10.7. The predicted octanol–water partition coefficient (Wildman–Crippen LogP) is 1.91. The van der Waals surface area contributed by atoms with Crippen molar-refractivity contribution in [1.29, 1.82) is 0 Å². The van der Waals surface area contributed by atoms with Gasteiger partial charge in [-0.05, 0) is 36.7 Å². The van der Waals surface area contributed by atoms with Crippen LogP contribution in [-0.2, 0) is 19.6 Å². The summed E-state index contributed by atoms with van der Waals surface area (Å²) >= 11 is 0. The van der Waals surface area contributed by atoms with E-state index in [-0.39, 0.29) is 43.6 Å². The monoisotopic (exact) mass is 428 g/mol. The Kier molecular flexibility index (Phi) is 6.73. The maximum Gasteiger partial charge on any atom is 0.231 e. The molecule has 0 radical (unpaired) electrons. The first kappa shape index (κ1) is 21.2. The van der Waals surface area contributed by atoms with Crippen LogP contribution in [-0.4, -0.2) is 52.3 Å². The smallest absolute Gasteiger partial charge is 0.231 e. The Morgan fingerprint density at radius 3 is 2.82 bits per heavy atom. The van der Waals surface area contributed by atoms with Gasteiger partial charge in [-0.2, -0.15) is 5.10 Å². The third-order valence-corrected chi connectivity index (χ3v) is 5.60. The summed E-state index contributed by atoms with van der Waals surface area (Å²) in [5.41, 5.74) is 3.48. The van der Waals surface area contributed by atoms with Crippen LogP contribution in [0.4, 0.5) is 0 Å². The van der Waals surface area contributed by atoms with Crippen molar-refractivity contribution >= 4 is 24.8 Å². The molecule has 3 aliphatic heterocycles. The Labute approximate surface area is 176 Å². The summed E-state index contributed by atoms with van der Waals surface area (Å²) in [4.78, 5) is 2.30. The van der Waals surface area contributed by atoms with Crippen LogP contribution in [0, 0.1) is 0 Å². The highest BCUT2D eigenvalue weighted by Gasteiger charge is 2.30. The van der Waals surface area contributed by atoms with Crippen LogP contribution in [0.2, 0.25) is 0 Å². The van der Waals surface area contributed by atoms with Gasteiger partial charge in [-0.15, -0.1) is 24.8 Å². The minimum Gasteiger partial charge on any atom is -0.454 e. The fraction of sp³-hybridized carbons (Fsp3) is 0.526. The van der Waals surface area contributed by atoms with Crippen LogP contribution in [0.5, 0.6) is 11.5 Å². The van der Waals surface area contributed by atoms with Crippen LogP contribution >= 0.6 is 24.8 Å². The fourth-order valence-electron chi connectivity index (χ4n) is 4.23. The number of ether oxygens (including phenoxy) is 2. The molecule has 1 fully saturated rings. The van der Waals surface area contributed by atoms with Gasteiger partial charge in [0.15, 0.2) is 11.5 Å². The van der Waals surface area contributed by atoms with E-state index >= 15 is 0 Å². The van der Waals surface area contributed by atoms with Gasteiger partial charge < -0.3 is 19.9 Å². The molecule has 5 rings (SSSR count). The number of aliphatic hydroxyl groups excluding tert-OH is 1. The van der Waals surface area contributed by atoms with Gasteiger partial charge in [-0.3, -0.25) is 9.58 Å². The van der Waals surface area contributed by atoms with Gasteiger partial charge in [-0.1, -0.05) is 6.07 Å². The maximum absolute atomic E-state index is 10.7. The fourth-order valence-corrected chi connectivity index (χ4v) is 4.23. The zero-order valence-corrected chi connectivity index (χ0v) is 17.2. The lowest BCUT2D eigenvalue weighted by molar-refractivity contribution is 0.0470. The molecule has 2 atom stereocenters. The molecule has 154 valence electrons. The molecular weight excluding hydrogens is 403 g/mol. The molecule has 1 saturated heterocycles. The Bertz CT molecular complexity index is 793. The second kappa shape index (κ2) is 8.88. The quantitative estimate of drug-likeness (QED) is 0.777. The van der Waals surface area contributed by atoms with E-state index in [4.69, 9.17) is 14.6 Å². The molecule has 0 amide bonds. The van der Waals surface area contributed by atoms with E-state index in [1.54, 1.807) is 0 Å². The van der Waals surface area contributed by atoms with E-state index in [1.165, 1.54) is 5.69 Å². The van der Waals surface area contributed by atoms with Crippen LogP contribution < -0.4 is 14.8 Å². The van der Waals surface area contributed by atoms with Crippen molar-refractivity contribution in [1.82, 2.24) is 20.0 Å². The number of aliphatic hydroxyl groups is 1. The lowest BCUT2D eigenvalue weighted by Gasteiger charge is -2.35. The molecule has 1 aromatic carbocycles. The van der Waals surface area contributed by atoms with Crippen LogP contribution in [0.1, 0.15) is 29.3 Å². The number of nitrogens with zero attached hydrogens (tertiary/aromatic N) is 3. The Balaban J connectivity index is 0.00000112. The number of benzene rings is 1. The van der Waals surface area contributed by atoms with Gasteiger partial charge >= 0.3 is 0 Å². The van der Waals surface area contributed by atoms with E-state index in [1.807, 2.05) is 18.2 Å². The van der Waals surface area contributed by atoms with Gasteiger partial charge in [0.1, 0.15) is 0 Å². The number of fused-ring (bicyclic) bond motifs is 2. The average Bonchev–Trinajstić information content (AvgIpc) is 3.27. The van der Waals surface area contributed by atoms with E-state index < -0.39 is 0 Å². The third kappa shape index (κ3) is 4.09. The number of rotatable bonds is 3. The molecule has 0 bridgehead atoms. The summed E-state index contributed by atoms with van der Waals surface area (Å²) in [5, 5.41) is 18.8. The molecule has 7 nitrogen and oxygen atoms in total. The highest BCUT2D eigenvalue weighted by atomic mass is 35.5. The van der Waals surface area contributed by atoms with Gasteiger partial charge in [0.25, 0.3) is 0 Å². The minimum atomic E-state index is -0.386. The summed E-state index contributed by atoms with van der Waals surface area (Å²) in [6, 6.07) is 8.19. The average molecular weight is 429 g/mol. The van der Waals surface area contributed by atoms with Crippen molar-refractivity contribution in [2.75, 3.05) is 26.4 Å². The Hall–Kier alpha value is -1.51. The first-order chi connectivity index (χ1) is 12.8. The van der Waals surface area contributed by atoms with E-state index in [0.29, 0.717) is 6.54 Å². The molecule has 3 aliphatic rings. The number of β-amino-alcohol motifs (C(OH)–C–C–N with tert-alkyl or cyclic N) is 1. The number of hydrogen-bond acceptors (Lipinski definition) is 6. The van der Waals surface area contributed by atoms with Crippen LogP contribution in [0.25, 0.3) is 0 Å². The summed E-state index contributed by atoms with van der Waals surface area (Å²) in [6.45, 7) is 5.50. The summed E-state index contributed by atoms with van der Waals surface area (Å²) in [6.07, 6.45) is 0.540. The van der Waals surface area contributed by atoms with Crippen molar-refractivity contribution < 1.29 is 14.6 Å². The largest absolute Gasteiger partial charge is 0.454 e. The van der Waals surface area contributed by atoms with Gasteiger partial charge in [-0.25, -0.2) is 0 Å². The zero-order valence-electron chi connectivity index (χ0n) is 15.5. The molecule has 1 aromatic heterocycles. The molecule has 2 aromatic rings. The summed E-state index contributed by atoms with van der Waals surface area (Å²) in [5.74, 6) is 1.72. The lowest BCUT2D eigenvalue weighted by Crippen LogP contribution is -2.42. The SMILES string of the molecule is Cl.Cl.O[C@@H]1CN(Cc2cc3n(n2)CCNC3)CC[C@H]1c1ccc2c(c1)OCO2. The van der Waals surface area contributed by atoms with Crippen molar-refractivity contribution in [2.45, 2.75) is 38.1 Å². The van der Waals surface area contributed by atoms with Crippen molar-refractivity contribution in [3.63, 3.8) is 0 Å². The van der Waals surface area contributed by atoms with E-state index in [2.05, 4.69) is 21.0 Å². The molecule has 28 heavy (non-hydrogen) atoms. The lowest BCUT2D eigenvalue weighted by atomic mass is 9.87. The normalized spacial score (nSPS) is 23.5. The molecule has 0 saturated carbocycles. The summed E-state index contributed by atoms with van der Waals surface area (Å²) < 4.78 is 13.0. The van der Waals surface area contributed by atoms with E-state index in [0.717, 1.165) is 61.9 Å². The first-order valence-corrected chi connectivity index (χ1v) is 9.32. The highest BCUT2D eigenvalue weighted by Crippen LogP contribution is 2.37. The number of piperidine rings is 1. The molecule has 2 N–H and O–H groups in total. The first-order valence-electron chi connectivity index (χ1n) is 9.32. The Morgan fingerprint density at radius 2 is 2.00 bits per heavy atom. The molecule has 0 unspecified atom stereocenters. The Morgan fingerprint density at radius 1 is 1.14 bits per heavy atom. The topological polar surface area (TPSA) is 71.8 Å². The highest BCUT2D eigenvalue weighted by molar-refractivity contribution is 5.85. The minimum absolute atomic E-state index is 0. The van der Waals surface area contributed by atoms with Crippen molar-refractivity contribution in [3.05, 3.63) is 41.2 Å². The van der Waals surface area contributed by atoms with Crippen molar-refractivity contribution in [3.8, 4) is 11.5 Å². The third-order valence-electron chi connectivity index (χ3n) is 5.60. The molecule has 9 heteroatoms. The zero-order chi connectivity index (χ0) is 17.5. The number of nitrogens with one attached hydrogen (secondary N) is 1. The van der Waals surface area contributed by atoms with Crippen LogP contribution in [0.3, 0.4) is 0 Å². The number of aromatic nitrogens is 2. The van der Waals surface area contributed by atoms with Crippen molar-refractivity contribution in [2.24, 2.45) is 0 Å². The van der Waals surface area contributed by atoms with Crippen LogP contribution in [0.15, 0.2) is 24.3 Å². The standard InChI is InChI=1S/C19H24N4O3.2ClH/c24-17-11-22(10-14-8-15-9-20-4-6-23(15)21-14)5-3-16(17)13-1-2-18-19(7-13)26-12-25-18;;/h1-2,7-8,16-17,20,24H,3-6,9-12H2;2*1H/t16-,17+;;/m0../s1. The second-order valence-electron chi connectivity index (χ2n) is 7.34. The van der Waals surface area contributed by atoms with Gasteiger partial charge in [0.05, 0.1) is 24.0 Å². The number of likely N-dealkylation sites (tertiary alicyclic amines) is 1. The predicted molar refractivity (Wildman–Crippen MR) is 110 cm³/mol. The second-order valence-corrected chi connectivity index (χ2v) is 7.34. The van der Waals surface area contributed by atoms with E-state index in [9.17, 15) is 5.11 Å². The van der Waals surface area contributed by atoms with Gasteiger partial charge in [0, 0.05) is 32.1 Å².